The van der Waals surface area contributed by atoms with Gasteiger partial charge in [-0.1, -0.05) is 11.6 Å². The van der Waals surface area contributed by atoms with Gasteiger partial charge in [-0.15, -0.1) is 0 Å². The van der Waals surface area contributed by atoms with Crippen molar-refractivity contribution in [1.29, 1.82) is 0 Å². The maximum atomic E-state index is 11.7. The number of nitrogens with two attached hydrogens (primary N) is 1. The van der Waals surface area contributed by atoms with Crippen LogP contribution in [0.5, 0.6) is 0 Å². The zero-order chi connectivity index (χ0) is 13.3. The average molecular weight is 264 g/mol. The number of rotatable bonds is 2. The average Bonchev–Trinajstić information content (AvgIpc) is 2.30. The van der Waals surface area contributed by atoms with Gasteiger partial charge in [-0.2, -0.15) is 9.78 Å². The topological polar surface area (TPSA) is 78.0 Å². The Bertz CT molecular complexity index is 679. The SMILES string of the molecule is Cc1cc(Cl)c(-n2ncccc2=O)cc1C(N)=O. The molecule has 0 saturated heterocycles. The number of primary amides is 1. The number of hydrogen-bond acceptors (Lipinski definition) is 3. The van der Waals surface area contributed by atoms with Gasteiger partial charge in [-0.3, -0.25) is 9.59 Å². The molecule has 0 fully saturated rings. The number of aryl methyl sites for hydroxylation is 1. The summed E-state index contributed by atoms with van der Waals surface area (Å²) in [7, 11) is 0. The van der Waals surface area contributed by atoms with Crippen molar-refractivity contribution < 1.29 is 4.79 Å². The highest BCUT2D eigenvalue weighted by atomic mass is 35.5. The highest BCUT2D eigenvalue weighted by Gasteiger charge is 2.12. The molecule has 0 bridgehead atoms. The van der Waals surface area contributed by atoms with Crippen molar-refractivity contribution in [3.63, 3.8) is 0 Å². The van der Waals surface area contributed by atoms with Gasteiger partial charge in [-0.05, 0) is 30.7 Å². The molecule has 2 aromatic rings. The third-order valence-corrected chi connectivity index (χ3v) is 2.81. The summed E-state index contributed by atoms with van der Waals surface area (Å²) in [6, 6.07) is 5.93. The standard InChI is InChI=1S/C12H10ClN3O2/c1-7-5-9(13)10(6-8(7)12(14)18)16-11(17)3-2-4-15-16/h2-6H,1H3,(H2,14,18). The molecule has 2 rings (SSSR count). The summed E-state index contributed by atoms with van der Waals surface area (Å²) < 4.78 is 1.12. The number of carbonyl (C=O) groups excluding carboxylic acids is 1. The largest absolute Gasteiger partial charge is 0.366 e. The predicted octanol–water partition coefficient (Wildman–Crippen LogP) is 1.29. The number of amides is 1. The van der Waals surface area contributed by atoms with Crippen LogP contribution in [0.2, 0.25) is 5.02 Å². The van der Waals surface area contributed by atoms with Crippen LogP contribution >= 0.6 is 11.6 Å². The number of carbonyl (C=O) groups is 1. The highest BCUT2D eigenvalue weighted by Crippen LogP contribution is 2.23. The molecule has 1 aromatic heterocycles. The maximum Gasteiger partial charge on any atom is 0.271 e. The van der Waals surface area contributed by atoms with Crippen molar-refractivity contribution >= 4 is 17.5 Å². The first-order chi connectivity index (χ1) is 8.50. The van der Waals surface area contributed by atoms with E-state index in [-0.39, 0.29) is 5.56 Å². The van der Waals surface area contributed by atoms with Crippen molar-refractivity contribution in [1.82, 2.24) is 9.78 Å². The molecule has 1 aromatic carbocycles. The number of halogens is 1. The summed E-state index contributed by atoms with van der Waals surface area (Å²) in [5.41, 5.74) is 6.23. The van der Waals surface area contributed by atoms with E-state index in [0.717, 1.165) is 4.68 Å². The zero-order valence-electron chi connectivity index (χ0n) is 9.55. The highest BCUT2D eigenvalue weighted by molar-refractivity contribution is 6.32. The molecule has 18 heavy (non-hydrogen) atoms. The van der Waals surface area contributed by atoms with Crippen LogP contribution in [0.3, 0.4) is 0 Å². The van der Waals surface area contributed by atoms with E-state index in [4.69, 9.17) is 17.3 Å². The molecule has 0 radical (unpaired) electrons. The quantitative estimate of drug-likeness (QED) is 0.887. The number of aromatic nitrogens is 2. The summed E-state index contributed by atoms with van der Waals surface area (Å²) in [6.07, 6.45) is 1.46. The Morgan fingerprint density at radius 1 is 1.44 bits per heavy atom. The number of benzene rings is 1. The van der Waals surface area contributed by atoms with Crippen LogP contribution in [0.15, 0.2) is 35.3 Å². The van der Waals surface area contributed by atoms with Crippen LogP contribution in [0.1, 0.15) is 15.9 Å². The third-order valence-electron chi connectivity index (χ3n) is 2.50. The third kappa shape index (κ3) is 2.12. The Morgan fingerprint density at radius 2 is 2.17 bits per heavy atom. The van der Waals surface area contributed by atoms with E-state index in [0.29, 0.717) is 21.8 Å². The number of nitrogens with zero attached hydrogens (tertiary/aromatic N) is 2. The number of hydrogen-bond donors (Lipinski definition) is 1. The van der Waals surface area contributed by atoms with E-state index >= 15 is 0 Å². The second-order valence-corrected chi connectivity index (χ2v) is 4.16. The van der Waals surface area contributed by atoms with Gasteiger partial charge in [-0.25, -0.2) is 0 Å². The Kier molecular flexibility index (Phi) is 3.16. The fraction of sp³-hybridized carbons (Fsp3) is 0.0833. The lowest BCUT2D eigenvalue weighted by Gasteiger charge is -2.09. The minimum absolute atomic E-state index is 0.312. The minimum Gasteiger partial charge on any atom is -0.366 e. The van der Waals surface area contributed by atoms with Gasteiger partial charge >= 0.3 is 0 Å². The Labute approximate surface area is 108 Å². The van der Waals surface area contributed by atoms with Gasteiger partial charge in [0, 0.05) is 17.8 Å². The lowest BCUT2D eigenvalue weighted by atomic mass is 10.1. The molecule has 1 amide bonds. The fourth-order valence-corrected chi connectivity index (χ4v) is 1.93. The van der Waals surface area contributed by atoms with Crippen LogP contribution < -0.4 is 11.3 Å². The first kappa shape index (κ1) is 12.3. The predicted molar refractivity (Wildman–Crippen MR) is 68.1 cm³/mol. The molecular weight excluding hydrogens is 254 g/mol. The molecule has 5 nitrogen and oxygen atoms in total. The lowest BCUT2D eigenvalue weighted by Crippen LogP contribution is -2.21. The van der Waals surface area contributed by atoms with Gasteiger partial charge < -0.3 is 5.73 Å². The zero-order valence-corrected chi connectivity index (χ0v) is 10.3. The molecule has 92 valence electrons. The summed E-state index contributed by atoms with van der Waals surface area (Å²) >= 11 is 6.06. The van der Waals surface area contributed by atoms with Gasteiger partial charge in [0.1, 0.15) is 0 Å². The van der Waals surface area contributed by atoms with Gasteiger partial charge in [0.25, 0.3) is 5.56 Å². The van der Waals surface area contributed by atoms with E-state index in [1.54, 1.807) is 13.0 Å². The first-order valence-corrected chi connectivity index (χ1v) is 5.53. The molecule has 2 N–H and O–H groups in total. The lowest BCUT2D eigenvalue weighted by molar-refractivity contribution is 0.0999. The van der Waals surface area contributed by atoms with Crippen molar-refractivity contribution in [3.8, 4) is 5.69 Å². The van der Waals surface area contributed by atoms with Crippen LogP contribution in [0, 0.1) is 6.92 Å². The van der Waals surface area contributed by atoms with Crippen LogP contribution in [-0.2, 0) is 0 Å². The first-order valence-electron chi connectivity index (χ1n) is 5.15. The summed E-state index contributed by atoms with van der Waals surface area (Å²) in [5, 5.41) is 4.24. The summed E-state index contributed by atoms with van der Waals surface area (Å²) in [4.78, 5) is 22.9. The van der Waals surface area contributed by atoms with Crippen molar-refractivity contribution in [2.45, 2.75) is 6.92 Å². The summed E-state index contributed by atoms with van der Waals surface area (Å²) in [5.74, 6) is -0.575. The van der Waals surface area contributed by atoms with Gasteiger partial charge in [0.05, 0.1) is 10.7 Å². The molecule has 0 atom stereocenters. The van der Waals surface area contributed by atoms with Crippen molar-refractivity contribution in [2.24, 2.45) is 5.73 Å². The molecule has 1 heterocycles. The van der Waals surface area contributed by atoms with Crippen molar-refractivity contribution in [3.05, 3.63) is 57.0 Å². The van der Waals surface area contributed by atoms with E-state index in [1.807, 2.05) is 0 Å². The van der Waals surface area contributed by atoms with E-state index in [1.165, 1.54) is 24.4 Å². The molecule has 0 aliphatic heterocycles. The second-order valence-electron chi connectivity index (χ2n) is 3.76. The Balaban J connectivity index is 2.73. The molecule has 0 aliphatic carbocycles. The Hall–Kier alpha value is -2.14. The molecule has 6 heteroatoms. The van der Waals surface area contributed by atoms with Crippen LogP contribution in [0.25, 0.3) is 5.69 Å². The molecule has 0 aliphatic rings. The fourth-order valence-electron chi connectivity index (χ4n) is 1.63. The minimum atomic E-state index is -0.575. The van der Waals surface area contributed by atoms with E-state index < -0.39 is 5.91 Å². The molecular formula is C12H10ClN3O2. The van der Waals surface area contributed by atoms with Gasteiger partial charge in [0.15, 0.2) is 0 Å². The molecule has 0 spiro atoms. The normalized spacial score (nSPS) is 10.3. The molecule has 0 unspecified atom stereocenters. The van der Waals surface area contributed by atoms with E-state index in [9.17, 15) is 9.59 Å². The summed E-state index contributed by atoms with van der Waals surface area (Å²) in [6.45, 7) is 1.72. The monoisotopic (exact) mass is 263 g/mol. The van der Waals surface area contributed by atoms with Crippen LogP contribution in [0.4, 0.5) is 0 Å². The maximum absolute atomic E-state index is 11.7. The smallest absolute Gasteiger partial charge is 0.271 e. The van der Waals surface area contributed by atoms with Crippen LogP contribution in [-0.4, -0.2) is 15.7 Å². The van der Waals surface area contributed by atoms with E-state index in [2.05, 4.69) is 5.10 Å². The Morgan fingerprint density at radius 3 is 2.78 bits per heavy atom. The molecule has 0 saturated carbocycles. The van der Waals surface area contributed by atoms with Crippen molar-refractivity contribution in [2.75, 3.05) is 0 Å². The van der Waals surface area contributed by atoms with Gasteiger partial charge in [0.2, 0.25) is 5.91 Å². The second kappa shape index (κ2) is 4.62.